The van der Waals surface area contributed by atoms with Crippen LogP contribution in [0.25, 0.3) is 0 Å². The standard InChI is InChI=1S/C21H23NO3/c1-4-16(2)25-19-12-10-17(14-20(19)24-3)11-13-21(23)22-15-18-8-6-5-7-9-18/h1,5-10,12,14,16H,11,13,15H2,2-3H3,(H,22,23). The molecule has 1 amide bonds. The second-order valence-electron chi connectivity index (χ2n) is 5.67. The van der Waals surface area contributed by atoms with Gasteiger partial charge in [0.15, 0.2) is 17.6 Å². The first-order valence-electron chi connectivity index (χ1n) is 8.22. The Labute approximate surface area is 149 Å². The summed E-state index contributed by atoms with van der Waals surface area (Å²) in [5, 5.41) is 2.93. The van der Waals surface area contributed by atoms with Crippen LogP contribution in [0.15, 0.2) is 48.5 Å². The Balaban J connectivity index is 1.87. The third-order valence-corrected chi connectivity index (χ3v) is 3.74. The second-order valence-corrected chi connectivity index (χ2v) is 5.67. The zero-order chi connectivity index (χ0) is 18.1. The zero-order valence-corrected chi connectivity index (χ0v) is 14.6. The summed E-state index contributed by atoms with van der Waals surface area (Å²) in [6.45, 7) is 2.34. The largest absolute Gasteiger partial charge is 0.493 e. The number of methoxy groups -OCH3 is 1. The fourth-order valence-corrected chi connectivity index (χ4v) is 2.33. The Morgan fingerprint density at radius 3 is 2.60 bits per heavy atom. The number of rotatable bonds is 8. The van der Waals surface area contributed by atoms with Gasteiger partial charge in [-0.05, 0) is 36.6 Å². The summed E-state index contributed by atoms with van der Waals surface area (Å²) in [5.41, 5.74) is 2.09. The molecule has 0 aliphatic carbocycles. The number of hydrogen-bond acceptors (Lipinski definition) is 3. The van der Waals surface area contributed by atoms with Crippen molar-refractivity contribution in [3.63, 3.8) is 0 Å². The molecule has 0 bridgehead atoms. The minimum Gasteiger partial charge on any atom is -0.493 e. The minimum absolute atomic E-state index is 0.0177. The van der Waals surface area contributed by atoms with E-state index in [2.05, 4.69) is 11.2 Å². The first-order valence-corrected chi connectivity index (χ1v) is 8.22. The van der Waals surface area contributed by atoms with E-state index >= 15 is 0 Å². The van der Waals surface area contributed by atoms with Crippen molar-refractivity contribution in [1.82, 2.24) is 5.32 Å². The normalized spacial score (nSPS) is 11.2. The van der Waals surface area contributed by atoms with Crippen LogP contribution in [0.2, 0.25) is 0 Å². The number of amides is 1. The lowest BCUT2D eigenvalue weighted by Gasteiger charge is -2.14. The van der Waals surface area contributed by atoms with Gasteiger partial charge < -0.3 is 14.8 Å². The molecular formula is C21H23NO3. The summed E-state index contributed by atoms with van der Waals surface area (Å²) in [7, 11) is 1.58. The van der Waals surface area contributed by atoms with E-state index in [1.54, 1.807) is 14.0 Å². The molecule has 0 fully saturated rings. The molecule has 130 valence electrons. The molecule has 1 N–H and O–H groups in total. The molecule has 1 atom stereocenters. The summed E-state index contributed by atoms with van der Waals surface area (Å²) in [6, 6.07) is 15.5. The molecule has 0 saturated carbocycles. The predicted molar refractivity (Wildman–Crippen MR) is 98.5 cm³/mol. The molecule has 0 radical (unpaired) electrons. The van der Waals surface area contributed by atoms with E-state index in [9.17, 15) is 4.79 Å². The van der Waals surface area contributed by atoms with E-state index in [0.29, 0.717) is 30.9 Å². The van der Waals surface area contributed by atoms with E-state index < -0.39 is 0 Å². The van der Waals surface area contributed by atoms with Crippen molar-refractivity contribution in [2.24, 2.45) is 0 Å². The van der Waals surface area contributed by atoms with E-state index in [4.69, 9.17) is 15.9 Å². The molecule has 25 heavy (non-hydrogen) atoms. The highest BCUT2D eigenvalue weighted by atomic mass is 16.5. The van der Waals surface area contributed by atoms with Crippen molar-refractivity contribution >= 4 is 5.91 Å². The molecule has 4 nitrogen and oxygen atoms in total. The minimum atomic E-state index is -0.330. The number of hydrogen-bond donors (Lipinski definition) is 1. The molecule has 2 rings (SSSR count). The van der Waals surface area contributed by atoms with Crippen molar-refractivity contribution in [2.75, 3.05) is 7.11 Å². The Kier molecular flexibility index (Phi) is 6.91. The Morgan fingerprint density at radius 1 is 1.16 bits per heavy atom. The topological polar surface area (TPSA) is 47.6 Å². The van der Waals surface area contributed by atoms with Crippen molar-refractivity contribution in [3.8, 4) is 23.8 Å². The number of carbonyl (C=O) groups is 1. The van der Waals surface area contributed by atoms with Gasteiger partial charge in [-0.15, -0.1) is 6.42 Å². The first-order chi connectivity index (χ1) is 12.1. The van der Waals surface area contributed by atoms with Crippen LogP contribution < -0.4 is 14.8 Å². The molecule has 0 spiro atoms. The third-order valence-electron chi connectivity index (χ3n) is 3.74. The quantitative estimate of drug-likeness (QED) is 0.752. The lowest BCUT2D eigenvalue weighted by molar-refractivity contribution is -0.121. The van der Waals surface area contributed by atoms with Crippen molar-refractivity contribution in [1.29, 1.82) is 0 Å². The number of nitrogens with one attached hydrogen (secondary N) is 1. The molecule has 0 aromatic heterocycles. The molecule has 2 aromatic carbocycles. The maximum absolute atomic E-state index is 12.0. The van der Waals surface area contributed by atoms with Gasteiger partial charge >= 0.3 is 0 Å². The van der Waals surface area contributed by atoms with Crippen LogP contribution in [0.4, 0.5) is 0 Å². The second kappa shape index (κ2) is 9.39. The first kappa shape index (κ1) is 18.4. The van der Waals surface area contributed by atoms with Gasteiger partial charge in [0.2, 0.25) is 5.91 Å². The number of benzene rings is 2. The number of aryl methyl sites for hydroxylation is 1. The fourth-order valence-electron chi connectivity index (χ4n) is 2.33. The Morgan fingerprint density at radius 2 is 1.92 bits per heavy atom. The summed E-state index contributed by atoms with van der Waals surface area (Å²) in [6.07, 6.45) is 6.04. The summed E-state index contributed by atoms with van der Waals surface area (Å²) < 4.78 is 11.0. The van der Waals surface area contributed by atoms with Gasteiger partial charge in [0.05, 0.1) is 7.11 Å². The smallest absolute Gasteiger partial charge is 0.220 e. The number of carbonyl (C=O) groups excluding carboxylic acids is 1. The van der Waals surface area contributed by atoms with Gasteiger partial charge in [-0.3, -0.25) is 4.79 Å². The number of terminal acetylenes is 1. The van der Waals surface area contributed by atoms with Gasteiger partial charge in [0, 0.05) is 13.0 Å². The van der Waals surface area contributed by atoms with Gasteiger partial charge in [-0.2, -0.15) is 0 Å². The van der Waals surface area contributed by atoms with E-state index in [0.717, 1.165) is 11.1 Å². The highest BCUT2D eigenvalue weighted by Gasteiger charge is 2.09. The van der Waals surface area contributed by atoms with Gasteiger partial charge in [0.25, 0.3) is 0 Å². The molecule has 0 aliphatic heterocycles. The van der Waals surface area contributed by atoms with Crippen molar-refractivity contribution in [3.05, 3.63) is 59.7 Å². The van der Waals surface area contributed by atoms with Gasteiger partial charge in [-0.25, -0.2) is 0 Å². The average molecular weight is 337 g/mol. The van der Waals surface area contributed by atoms with Crippen LogP contribution in [-0.2, 0) is 17.8 Å². The van der Waals surface area contributed by atoms with E-state index in [-0.39, 0.29) is 12.0 Å². The van der Waals surface area contributed by atoms with Crippen LogP contribution in [-0.4, -0.2) is 19.1 Å². The van der Waals surface area contributed by atoms with Crippen molar-refractivity contribution < 1.29 is 14.3 Å². The molecule has 1 unspecified atom stereocenters. The van der Waals surface area contributed by atoms with E-state index in [1.807, 2.05) is 48.5 Å². The maximum Gasteiger partial charge on any atom is 0.220 e. The van der Waals surface area contributed by atoms with Crippen LogP contribution in [0.1, 0.15) is 24.5 Å². The SMILES string of the molecule is C#CC(C)Oc1ccc(CCC(=O)NCc2ccccc2)cc1OC. The molecular weight excluding hydrogens is 314 g/mol. The van der Waals surface area contributed by atoms with Crippen LogP contribution >= 0.6 is 0 Å². The highest BCUT2D eigenvalue weighted by Crippen LogP contribution is 2.29. The maximum atomic E-state index is 12.0. The van der Waals surface area contributed by atoms with Crippen molar-refractivity contribution in [2.45, 2.75) is 32.4 Å². The van der Waals surface area contributed by atoms with Crippen LogP contribution in [0, 0.1) is 12.3 Å². The summed E-state index contributed by atoms with van der Waals surface area (Å²) >= 11 is 0. The molecule has 0 heterocycles. The Bertz CT molecular complexity index is 735. The predicted octanol–water partition coefficient (Wildman–Crippen LogP) is 3.34. The summed E-state index contributed by atoms with van der Waals surface area (Å²) in [5.74, 6) is 3.75. The molecule has 0 saturated heterocycles. The lowest BCUT2D eigenvalue weighted by atomic mass is 10.1. The highest BCUT2D eigenvalue weighted by molar-refractivity contribution is 5.76. The van der Waals surface area contributed by atoms with Gasteiger partial charge in [0.1, 0.15) is 0 Å². The zero-order valence-electron chi connectivity index (χ0n) is 14.6. The monoisotopic (exact) mass is 337 g/mol. The van der Waals surface area contributed by atoms with Gasteiger partial charge in [-0.1, -0.05) is 42.3 Å². The molecule has 0 aliphatic rings. The molecule has 4 heteroatoms. The van der Waals surface area contributed by atoms with E-state index in [1.165, 1.54) is 0 Å². The third kappa shape index (κ3) is 5.89. The Hall–Kier alpha value is -2.93. The average Bonchev–Trinajstić information content (AvgIpc) is 2.66. The number of ether oxygens (including phenoxy) is 2. The summed E-state index contributed by atoms with van der Waals surface area (Å²) in [4.78, 5) is 12.0. The molecule has 2 aromatic rings. The van der Waals surface area contributed by atoms with Crippen LogP contribution in [0.3, 0.4) is 0 Å². The lowest BCUT2D eigenvalue weighted by Crippen LogP contribution is -2.22. The van der Waals surface area contributed by atoms with Crippen LogP contribution in [0.5, 0.6) is 11.5 Å². The fraction of sp³-hybridized carbons (Fsp3) is 0.286.